The van der Waals surface area contributed by atoms with Gasteiger partial charge in [0.05, 0.1) is 31.5 Å². The van der Waals surface area contributed by atoms with Gasteiger partial charge in [0.15, 0.2) is 12.3 Å². The third-order valence-corrected chi connectivity index (χ3v) is 13.7. The number of hydrogen-bond acceptors (Lipinski definition) is 18. The number of aromatic nitrogens is 2. The monoisotopic (exact) mass is 1070 g/mol. The van der Waals surface area contributed by atoms with E-state index in [0.29, 0.717) is 12.8 Å². The summed E-state index contributed by atoms with van der Waals surface area (Å²) in [6.07, 6.45) is 26.2. The standard InChI is InChI=1S/C50H81N3O18P2/c1-3-5-7-8-9-10-11-12-13-14-15-16-17-22-26-32-45(57)66-36-40(69-46(58)33-27-31-42(56)41(55)30-25-21-19-18-20-24-29-39(54)28-23-6-4-2)37-67-72(62,63)71-73(64,65)68-38-43-47(59)48(60)49(70-43)53-35-34-44(51)52-50(53)61/h9-10,12-13,18-21,24-25,29-30,34-35,39-43,47-49,54-56,59-60H,3-8,11,14-17,22-23,26-28,31-33,36-38H2,1-2H3,(H,62,63)(H,64,65)(H2,51,52,61)/b10-9-,13-12-,20-18-,21-19+,29-24+,30-25+/t39-,40+,41-,42-,43+,47+,48+,49+/m0/s1. The van der Waals surface area contributed by atoms with Crippen molar-refractivity contribution in [3.8, 4) is 0 Å². The molecule has 414 valence electrons. The number of ether oxygens (including phenoxy) is 3. The van der Waals surface area contributed by atoms with Crippen LogP contribution in [0.1, 0.15) is 142 Å². The number of esters is 2. The Morgan fingerprint density at radius 1 is 0.753 bits per heavy atom. The second-order valence-corrected chi connectivity index (χ2v) is 20.6. The molecule has 0 saturated carbocycles. The molecule has 2 rings (SSSR count). The molecule has 0 bridgehead atoms. The number of nitrogens with two attached hydrogens (primary N) is 1. The molecular weight excluding hydrogens is 993 g/mol. The number of carbonyl (C=O) groups is 2. The highest BCUT2D eigenvalue weighted by Gasteiger charge is 2.46. The van der Waals surface area contributed by atoms with Crippen LogP contribution in [0.15, 0.2) is 90.0 Å². The van der Waals surface area contributed by atoms with Crippen LogP contribution in [0.3, 0.4) is 0 Å². The number of unbranched alkanes of at least 4 members (excludes halogenated alkanes) is 10. The van der Waals surface area contributed by atoms with Crippen molar-refractivity contribution in [2.24, 2.45) is 0 Å². The van der Waals surface area contributed by atoms with E-state index in [1.807, 2.05) is 0 Å². The molecule has 21 nitrogen and oxygen atoms in total. The van der Waals surface area contributed by atoms with E-state index in [1.54, 1.807) is 36.5 Å². The minimum atomic E-state index is -5.52. The summed E-state index contributed by atoms with van der Waals surface area (Å²) in [5.41, 5.74) is 4.55. The zero-order chi connectivity index (χ0) is 53.9. The molecule has 1 fully saturated rings. The number of nitrogens with zero attached hydrogens (tertiary/aromatic N) is 2. The number of rotatable bonds is 40. The van der Waals surface area contributed by atoms with Gasteiger partial charge in [0.1, 0.15) is 30.7 Å². The molecule has 2 unspecified atom stereocenters. The van der Waals surface area contributed by atoms with Gasteiger partial charge < -0.3 is 55.3 Å². The van der Waals surface area contributed by atoms with Crippen LogP contribution < -0.4 is 11.4 Å². The Kier molecular flexibility index (Phi) is 33.7. The Hall–Kier alpha value is -3.92. The fraction of sp³-hybridized carbons (Fsp3) is 0.640. The number of phosphoric ester groups is 2. The van der Waals surface area contributed by atoms with E-state index in [-0.39, 0.29) is 31.5 Å². The highest BCUT2D eigenvalue weighted by molar-refractivity contribution is 7.61. The molecule has 0 radical (unpaired) electrons. The van der Waals surface area contributed by atoms with Gasteiger partial charge in [-0.3, -0.25) is 23.2 Å². The lowest BCUT2D eigenvalue weighted by atomic mass is 10.1. The normalized spacial score (nSPS) is 20.9. The Morgan fingerprint density at radius 2 is 1.36 bits per heavy atom. The zero-order valence-electron chi connectivity index (χ0n) is 42.2. The predicted octanol–water partition coefficient (Wildman–Crippen LogP) is 7.02. The molecule has 1 aliphatic rings. The first-order chi connectivity index (χ1) is 34.9. The predicted molar refractivity (Wildman–Crippen MR) is 274 cm³/mol. The highest BCUT2D eigenvalue weighted by atomic mass is 31.3. The van der Waals surface area contributed by atoms with E-state index in [4.69, 9.17) is 29.0 Å². The maximum Gasteiger partial charge on any atom is 0.481 e. The summed E-state index contributed by atoms with van der Waals surface area (Å²) in [5.74, 6) is -1.67. The first-order valence-electron chi connectivity index (χ1n) is 25.3. The van der Waals surface area contributed by atoms with E-state index < -0.39 is 102 Å². The summed E-state index contributed by atoms with van der Waals surface area (Å²) in [6.45, 7) is 1.66. The third-order valence-electron chi connectivity index (χ3n) is 11.1. The van der Waals surface area contributed by atoms with Gasteiger partial charge in [-0.1, -0.05) is 138 Å². The van der Waals surface area contributed by atoms with Crippen LogP contribution in [0.4, 0.5) is 5.82 Å². The number of phosphoric acid groups is 2. The zero-order valence-corrected chi connectivity index (χ0v) is 44.0. The molecule has 9 N–H and O–H groups in total. The molecule has 0 aromatic carbocycles. The van der Waals surface area contributed by atoms with Crippen molar-refractivity contribution in [1.82, 2.24) is 9.55 Å². The summed E-state index contributed by atoms with van der Waals surface area (Å²) in [6, 6.07) is 1.22. The molecular formula is C50H81N3O18P2. The molecule has 1 aromatic rings. The maximum absolute atomic E-state index is 12.9. The third kappa shape index (κ3) is 30.3. The number of allylic oxidation sites excluding steroid dienone is 10. The van der Waals surface area contributed by atoms with Crippen LogP contribution in [-0.2, 0) is 46.3 Å². The van der Waals surface area contributed by atoms with Gasteiger partial charge in [-0.25, -0.2) is 13.9 Å². The van der Waals surface area contributed by atoms with Gasteiger partial charge in [-0.2, -0.15) is 9.29 Å². The molecule has 1 saturated heterocycles. The van der Waals surface area contributed by atoms with E-state index in [9.17, 15) is 58.8 Å². The van der Waals surface area contributed by atoms with Crippen LogP contribution >= 0.6 is 15.6 Å². The number of anilines is 1. The molecule has 73 heavy (non-hydrogen) atoms. The second kappa shape index (κ2) is 37.8. The van der Waals surface area contributed by atoms with Crippen molar-refractivity contribution < 1.29 is 81.6 Å². The summed E-state index contributed by atoms with van der Waals surface area (Å²) in [5, 5.41) is 51.7. The summed E-state index contributed by atoms with van der Waals surface area (Å²) < 4.78 is 56.4. The van der Waals surface area contributed by atoms with Crippen molar-refractivity contribution in [3.63, 3.8) is 0 Å². The van der Waals surface area contributed by atoms with Crippen molar-refractivity contribution in [2.45, 2.75) is 185 Å². The van der Waals surface area contributed by atoms with Crippen LogP contribution in [-0.4, -0.2) is 119 Å². The van der Waals surface area contributed by atoms with Crippen molar-refractivity contribution >= 4 is 33.4 Å². The SMILES string of the molecule is CCCCC/C=C\C/C=C\CCCCCCCC(=O)OC[C@H](COP(=O)(O)OP(=O)(O)OC[C@H]1O[C@@H](n2ccc(N)nc2=O)[C@H](O)[C@@H]1O)OC(=O)CCC[C@H](O)[C@@H](O)/C=C/C=C/C=C\C=C\[C@@H](O)CCCCC. The highest BCUT2D eigenvalue weighted by Crippen LogP contribution is 2.60. The Bertz CT molecular complexity index is 2060. The van der Waals surface area contributed by atoms with E-state index in [0.717, 1.165) is 75.0 Å². The quantitative estimate of drug-likeness (QED) is 0.0108. The van der Waals surface area contributed by atoms with E-state index in [1.165, 1.54) is 37.5 Å². The minimum Gasteiger partial charge on any atom is -0.462 e. The molecule has 10 atom stereocenters. The van der Waals surface area contributed by atoms with Crippen LogP contribution in [0.2, 0.25) is 0 Å². The lowest BCUT2D eigenvalue weighted by Crippen LogP contribution is -2.36. The Morgan fingerprint density at radius 3 is 2.04 bits per heavy atom. The number of carbonyl (C=O) groups excluding carboxylic acids is 2. The summed E-state index contributed by atoms with van der Waals surface area (Å²) in [4.78, 5) is 61.9. The van der Waals surface area contributed by atoms with Gasteiger partial charge in [-0.05, 0) is 63.9 Å². The lowest BCUT2D eigenvalue weighted by Gasteiger charge is -2.21. The molecule has 0 aliphatic carbocycles. The van der Waals surface area contributed by atoms with Crippen LogP contribution in [0.5, 0.6) is 0 Å². The largest absolute Gasteiger partial charge is 0.481 e. The molecule has 0 spiro atoms. The fourth-order valence-corrected chi connectivity index (χ4v) is 9.13. The number of aliphatic hydroxyl groups excluding tert-OH is 5. The van der Waals surface area contributed by atoms with E-state index in [2.05, 4.69) is 47.4 Å². The molecule has 1 aliphatic heterocycles. The fourth-order valence-electron chi connectivity index (χ4n) is 7.02. The van der Waals surface area contributed by atoms with Crippen molar-refractivity contribution in [1.29, 1.82) is 0 Å². The molecule has 2 heterocycles. The number of aliphatic hydroxyl groups is 5. The van der Waals surface area contributed by atoms with Gasteiger partial charge >= 0.3 is 33.3 Å². The van der Waals surface area contributed by atoms with Crippen LogP contribution in [0.25, 0.3) is 0 Å². The maximum atomic E-state index is 12.9. The lowest BCUT2D eigenvalue weighted by molar-refractivity contribution is -0.161. The number of nitrogen functional groups attached to an aromatic ring is 1. The van der Waals surface area contributed by atoms with Crippen LogP contribution in [0, 0.1) is 0 Å². The Balaban J connectivity index is 1.91. The van der Waals surface area contributed by atoms with Crippen molar-refractivity contribution in [2.75, 3.05) is 25.6 Å². The molecule has 23 heteroatoms. The van der Waals surface area contributed by atoms with E-state index >= 15 is 0 Å². The first-order valence-corrected chi connectivity index (χ1v) is 28.3. The van der Waals surface area contributed by atoms with Crippen molar-refractivity contribution in [3.05, 3.63) is 95.7 Å². The average Bonchev–Trinajstić information content (AvgIpc) is 3.62. The number of hydrogen-bond donors (Lipinski definition) is 8. The van der Waals surface area contributed by atoms with Gasteiger partial charge in [0, 0.05) is 19.0 Å². The Labute approximate surface area is 429 Å². The summed E-state index contributed by atoms with van der Waals surface area (Å²) in [7, 11) is -11.0. The smallest absolute Gasteiger partial charge is 0.462 e. The molecule has 0 amide bonds. The molecule has 1 aromatic heterocycles. The topological polar surface area (TPSA) is 326 Å². The first kappa shape index (κ1) is 65.2. The average molecular weight is 1070 g/mol. The van der Waals surface area contributed by atoms with Gasteiger partial charge in [0.2, 0.25) is 0 Å². The minimum absolute atomic E-state index is 0.0255. The van der Waals surface area contributed by atoms with Gasteiger partial charge in [-0.15, -0.1) is 0 Å². The summed E-state index contributed by atoms with van der Waals surface area (Å²) >= 11 is 0. The second-order valence-electron chi connectivity index (χ2n) is 17.5. The van der Waals surface area contributed by atoms with Gasteiger partial charge in [0.25, 0.3) is 0 Å².